The van der Waals surface area contributed by atoms with E-state index in [-0.39, 0.29) is 0 Å². The third-order valence-electron chi connectivity index (χ3n) is 11.4. The number of benzene rings is 10. The number of nitrogens with zero attached hydrogens (tertiary/aromatic N) is 1. The first-order chi connectivity index (χ1) is 27.3. The fraction of sp³-hybridized carbons (Fsp3) is 0. The number of aromatic nitrogens is 1. The predicted octanol–water partition coefficient (Wildman–Crippen LogP) is 14.9. The maximum Gasteiger partial charge on any atom is 0.0541 e. The van der Waals surface area contributed by atoms with Crippen molar-refractivity contribution < 1.29 is 0 Å². The zero-order chi connectivity index (χ0) is 36.3. The van der Waals surface area contributed by atoms with Crippen LogP contribution >= 0.6 is 0 Å². The Morgan fingerprint density at radius 3 is 1.36 bits per heavy atom. The van der Waals surface area contributed by atoms with Crippen LogP contribution in [0.2, 0.25) is 0 Å². The minimum atomic E-state index is 1.15. The van der Waals surface area contributed by atoms with Crippen LogP contribution in [0.5, 0.6) is 0 Å². The van der Waals surface area contributed by atoms with Gasteiger partial charge >= 0.3 is 0 Å². The van der Waals surface area contributed by atoms with Gasteiger partial charge in [0.2, 0.25) is 0 Å². The van der Waals surface area contributed by atoms with Gasteiger partial charge in [0.05, 0.1) is 11.0 Å². The molecule has 1 aromatic heterocycles. The number of hydrogen-bond donors (Lipinski definition) is 0. The van der Waals surface area contributed by atoms with Crippen molar-refractivity contribution in [1.29, 1.82) is 0 Å². The van der Waals surface area contributed by atoms with Gasteiger partial charge in [0, 0.05) is 16.5 Å². The first kappa shape index (κ1) is 31.3. The highest BCUT2D eigenvalue weighted by atomic mass is 15.0. The molecule has 11 rings (SSSR count). The summed E-state index contributed by atoms with van der Waals surface area (Å²) in [6, 6.07) is 77.7. The molecule has 0 N–H and O–H groups in total. The average Bonchev–Trinajstić information content (AvgIpc) is 3.59. The van der Waals surface area contributed by atoms with Crippen molar-refractivity contribution in [2.75, 3.05) is 0 Å². The van der Waals surface area contributed by atoms with Crippen LogP contribution in [0.3, 0.4) is 0 Å². The molecule has 0 saturated heterocycles. The fourth-order valence-corrected chi connectivity index (χ4v) is 8.79. The first-order valence-corrected chi connectivity index (χ1v) is 19.0. The molecular formula is C54H35N. The molecule has 0 fully saturated rings. The van der Waals surface area contributed by atoms with Crippen LogP contribution in [-0.2, 0) is 0 Å². The second kappa shape index (κ2) is 12.7. The van der Waals surface area contributed by atoms with E-state index in [4.69, 9.17) is 0 Å². The van der Waals surface area contributed by atoms with Gasteiger partial charge < -0.3 is 4.57 Å². The smallest absolute Gasteiger partial charge is 0.0541 e. The van der Waals surface area contributed by atoms with Crippen LogP contribution in [0.25, 0.3) is 104 Å². The van der Waals surface area contributed by atoms with Crippen LogP contribution < -0.4 is 0 Å². The largest absolute Gasteiger partial charge is 0.309 e. The summed E-state index contributed by atoms with van der Waals surface area (Å²) >= 11 is 0. The molecule has 11 aromatic rings. The van der Waals surface area contributed by atoms with Crippen LogP contribution in [0.15, 0.2) is 212 Å². The van der Waals surface area contributed by atoms with E-state index in [0.717, 1.165) is 5.69 Å². The van der Waals surface area contributed by atoms with Gasteiger partial charge in [-0.1, -0.05) is 176 Å². The van der Waals surface area contributed by atoms with Crippen LogP contribution in [0.1, 0.15) is 0 Å². The van der Waals surface area contributed by atoms with Crippen molar-refractivity contribution in [3.63, 3.8) is 0 Å². The van der Waals surface area contributed by atoms with Crippen molar-refractivity contribution in [1.82, 2.24) is 4.57 Å². The summed E-state index contributed by atoms with van der Waals surface area (Å²) in [5.41, 5.74) is 13.5. The number of fused-ring (bicyclic) bond motifs is 6. The number of hydrogen-bond acceptors (Lipinski definition) is 0. The maximum atomic E-state index is 2.41. The lowest BCUT2D eigenvalue weighted by molar-refractivity contribution is 1.18. The molecule has 0 amide bonds. The third kappa shape index (κ3) is 5.16. The molecule has 10 aromatic carbocycles. The Bertz CT molecular complexity index is 3170. The van der Waals surface area contributed by atoms with E-state index >= 15 is 0 Å². The summed E-state index contributed by atoms with van der Waals surface area (Å²) in [4.78, 5) is 0. The Hall–Kier alpha value is -7.22. The molecule has 0 spiro atoms. The molecule has 0 atom stereocenters. The van der Waals surface area contributed by atoms with Gasteiger partial charge in [0.1, 0.15) is 0 Å². The molecule has 0 unspecified atom stereocenters. The fourth-order valence-electron chi connectivity index (χ4n) is 8.79. The highest BCUT2D eigenvalue weighted by Gasteiger charge is 2.18. The molecule has 0 saturated carbocycles. The Kier molecular flexibility index (Phi) is 7.25. The average molecular weight is 698 g/mol. The molecule has 1 heteroatoms. The van der Waals surface area contributed by atoms with E-state index in [1.165, 1.54) is 98.6 Å². The topological polar surface area (TPSA) is 4.93 Å². The highest BCUT2D eigenvalue weighted by Crippen LogP contribution is 2.44. The van der Waals surface area contributed by atoms with Gasteiger partial charge in [-0.25, -0.2) is 0 Å². The summed E-state index contributed by atoms with van der Waals surface area (Å²) < 4.78 is 2.41. The molecule has 256 valence electrons. The van der Waals surface area contributed by atoms with Crippen molar-refractivity contribution in [3.8, 4) is 50.2 Å². The lowest BCUT2D eigenvalue weighted by atomic mass is 9.85. The normalized spacial score (nSPS) is 11.6. The Morgan fingerprint density at radius 2 is 0.691 bits per heavy atom. The van der Waals surface area contributed by atoms with E-state index in [1.54, 1.807) is 0 Å². The molecular weight excluding hydrogens is 663 g/mol. The molecule has 0 bridgehead atoms. The second-order valence-corrected chi connectivity index (χ2v) is 14.5. The molecule has 0 aliphatic rings. The van der Waals surface area contributed by atoms with Gasteiger partial charge in [0.15, 0.2) is 0 Å². The minimum Gasteiger partial charge on any atom is -0.309 e. The third-order valence-corrected chi connectivity index (χ3v) is 11.4. The Morgan fingerprint density at radius 1 is 0.236 bits per heavy atom. The molecule has 0 radical (unpaired) electrons. The quantitative estimate of drug-likeness (QED) is 0.158. The lowest BCUT2D eigenvalue weighted by Gasteiger charge is -2.18. The Balaban J connectivity index is 1.03. The van der Waals surface area contributed by atoms with Crippen molar-refractivity contribution in [3.05, 3.63) is 212 Å². The molecule has 55 heavy (non-hydrogen) atoms. The van der Waals surface area contributed by atoms with Crippen molar-refractivity contribution >= 4 is 54.1 Å². The molecule has 0 aliphatic carbocycles. The van der Waals surface area contributed by atoms with Gasteiger partial charge in [0.25, 0.3) is 0 Å². The van der Waals surface area contributed by atoms with Gasteiger partial charge in [-0.3, -0.25) is 0 Å². The molecule has 1 heterocycles. The Labute approximate surface area is 320 Å². The zero-order valence-corrected chi connectivity index (χ0v) is 30.2. The standard InChI is InChI=1S/C54H35N/c1-2-12-36(13-3-1)38-22-24-39(25-23-38)42-30-33-52-50(35-42)45-16-10-11-21-51(45)55(52)44-31-28-40(29-32-44)53-46-17-6-8-19-48(46)54(49-20-9-7-18-47(49)53)43-27-26-37-14-4-5-15-41(37)34-43/h1-35H. The van der Waals surface area contributed by atoms with Crippen LogP contribution in [0.4, 0.5) is 0 Å². The summed E-state index contributed by atoms with van der Waals surface area (Å²) in [7, 11) is 0. The predicted molar refractivity (Wildman–Crippen MR) is 235 cm³/mol. The van der Waals surface area contributed by atoms with Gasteiger partial charge in [-0.2, -0.15) is 0 Å². The monoisotopic (exact) mass is 697 g/mol. The van der Waals surface area contributed by atoms with E-state index in [2.05, 4.69) is 217 Å². The van der Waals surface area contributed by atoms with Crippen molar-refractivity contribution in [2.45, 2.75) is 0 Å². The van der Waals surface area contributed by atoms with E-state index < -0.39 is 0 Å². The number of rotatable bonds is 5. The maximum absolute atomic E-state index is 2.41. The lowest BCUT2D eigenvalue weighted by Crippen LogP contribution is -1.94. The summed E-state index contributed by atoms with van der Waals surface area (Å²) in [5, 5.41) is 10.1. The van der Waals surface area contributed by atoms with Crippen molar-refractivity contribution in [2.24, 2.45) is 0 Å². The minimum absolute atomic E-state index is 1.15. The summed E-state index contributed by atoms with van der Waals surface area (Å²) in [6.07, 6.45) is 0. The van der Waals surface area contributed by atoms with Crippen LogP contribution in [0, 0.1) is 0 Å². The van der Waals surface area contributed by atoms with Crippen LogP contribution in [-0.4, -0.2) is 4.57 Å². The SMILES string of the molecule is c1ccc(-c2ccc(-c3ccc4c(c3)c3ccccc3n4-c3ccc(-c4c5ccccc5c(-c5ccc6ccccc6c5)c5ccccc45)cc3)cc2)cc1. The molecule has 0 aliphatic heterocycles. The number of para-hydroxylation sites is 1. The summed E-state index contributed by atoms with van der Waals surface area (Å²) in [5.74, 6) is 0. The van der Waals surface area contributed by atoms with E-state index in [0.29, 0.717) is 0 Å². The highest BCUT2D eigenvalue weighted by molar-refractivity contribution is 6.21. The molecule has 1 nitrogen and oxygen atoms in total. The zero-order valence-electron chi connectivity index (χ0n) is 30.2. The van der Waals surface area contributed by atoms with Gasteiger partial charge in [-0.05, 0) is 113 Å². The second-order valence-electron chi connectivity index (χ2n) is 14.5. The van der Waals surface area contributed by atoms with E-state index in [9.17, 15) is 0 Å². The van der Waals surface area contributed by atoms with Gasteiger partial charge in [-0.15, -0.1) is 0 Å². The van der Waals surface area contributed by atoms with E-state index in [1.807, 2.05) is 0 Å². The first-order valence-electron chi connectivity index (χ1n) is 19.0. The summed E-state index contributed by atoms with van der Waals surface area (Å²) in [6.45, 7) is 0.